The maximum Gasteiger partial charge on any atom is 0.218 e. The zero-order valence-electron chi connectivity index (χ0n) is 12.1. The number of aromatic nitrogens is 3. The Bertz CT molecular complexity index is 569. The summed E-state index contributed by atoms with van der Waals surface area (Å²) in [6.07, 6.45) is 5.25. The molecule has 0 amide bonds. The van der Waals surface area contributed by atoms with Crippen LogP contribution in [0.5, 0.6) is 5.88 Å². The monoisotopic (exact) mass is 285 g/mol. The Balaban J connectivity index is 1.57. The molecule has 1 fully saturated rings. The predicted molar refractivity (Wildman–Crippen MR) is 80.3 cm³/mol. The van der Waals surface area contributed by atoms with Crippen LogP contribution in [0.2, 0.25) is 0 Å². The fourth-order valence-electron chi connectivity index (χ4n) is 2.50. The molecule has 0 saturated carbocycles. The molecule has 0 spiro atoms. The molecular weight excluding hydrogens is 266 g/mol. The van der Waals surface area contributed by atoms with Gasteiger partial charge in [0, 0.05) is 51.2 Å². The number of rotatable bonds is 4. The lowest BCUT2D eigenvalue weighted by atomic mass is 10.2. The van der Waals surface area contributed by atoms with Gasteiger partial charge in [0.15, 0.2) is 0 Å². The summed E-state index contributed by atoms with van der Waals surface area (Å²) >= 11 is 0. The van der Waals surface area contributed by atoms with E-state index in [0.717, 1.165) is 38.5 Å². The standard InChI is InChI=1S/C15H19N5O/c1-21-15-10-14(17-12-18-15)20-8-6-19(7-9-20)11-13-2-4-16-5-3-13/h2-5,10,12H,6-9,11H2,1H3. The average Bonchev–Trinajstić information content (AvgIpc) is 2.56. The van der Waals surface area contributed by atoms with Crippen LogP contribution in [0.3, 0.4) is 0 Å². The molecule has 0 bridgehead atoms. The van der Waals surface area contributed by atoms with Crippen LogP contribution in [0, 0.1) is 0 Å². The van der Waals surface area contributed by atoms with E-state index in [1.807, 2.05) is 18.5 Å². The number of anilines is 1. The maximum absolute atomic E-state index is 5.15. The smallest absolute Gasteiger partial charge is 0.218 e. The van der Waals surface area contributed by atoms with Crippen molar-refractivity contribution >= 4 is 5.82 Å². The first-order valence-corrected chi connectivity index (χ1v) is 7.07. The van der Waals surface area contributed by atoms with Gasteiger partial charge in [-0.25, -0.2) is 9.97 Å². The normalized spacial score (nSPS) is 16.0. The van der Waals surface area contributed by atoms with E-state index in [-0.39, 0.29) is 0 Å². The van der Waals surface area contributed by atoms with E-state index in [4.69, 9.17) is 4.74 Å². The summed E-state index contributed by atoms with van der Waals surface area (Å²) in [5, 5.41) is 0. The van der Waals surface area contributed by atoms with Crippen molar-refractivity contribution in [1.82, 2.24) is 19.9 Å². The molecule has 0 unspecified atom stereocenters. The summed E-state index contributed by atoms with van der Waals surface area (Å²) in [4.78, 5) is 17.1. The molecule has 2 aromatic rings. The molecule has 0 aliphatic carbocycles. The highest BCUT2D eigenvalue weighted by molar-refractivity contribution is 5.41. The SMILES string of the molecule is COc1cc(N2CCN(Cc3ccncc3)CC2)ncn1. The summed E-state index contributed by atoms with van der Waals surface area (Å²) in [6, 6.07) is 6.03. The van der Waals surface area contributed by atoms with E-state index < -0.39 is 0 Å². The number of pyridine rings is 1. The lowest BCUT2D eigenvalue weighted by molar-refractivity contribution is 0.249. The van der Waals surface area contributed by atoms with E-state index >= 15 is 0 Å². The zero-order chi connectivity index (χ0) is 14.5. The van der Waals surface area contributed by atoms with Crippen LogP contribution in [-0.2, 0) is 6.54 Å². The average molecular weight is 285 g/mol. The predicted octanol–water partition coefficient (Wildman–Crippen LogP) is 1.20. The summed E-state index contributed by atoms with van der Waals surface area (Å²) in [5.41, 5.74) is 1.31. The second kappa shape index (κ2) is 6.49. The van der Waals surface area contributed by atoms with Gasteiger partial charge < -0.3 is 9.64 Å². The number of methoxy groups -OCH3 is 1. The Kier molecular flexibility index (Phi) is 4.25. The van der Waals surface area contributed by atoms with Crippen LogP contribution >= 0.6 is 0 Å². The molecule has 110 valence electrons. The van der Waals surface area contributed by atoms with Crippen molar-refractivity contribution in [1.29, 1.82) is 0 Å². The van der Waals surface area contributed by atoms with E-state index in [1.54, 1.807) is 13.4 Å². The molecule has 0 radical (unpaired) electrons. The van der Waals surface area contributed by atoms with E-state index in [9.17, 15) is 0 Å². The van der Waals surface area contributed by atoms with Crippen LogP contribution in [0.1, 0.15) is 5.56 Å². The van der Waals surface area contributed by atoms with E-state index in [1.165, 1.54) is 5.56 Å². The van der Waals surface area contributed by atoms with Gasteiger partial charge in [-0.1, -0.05) is 0 Å². The van der Waals surface area contributed by atoms with Gasteiger partial charge in [0.2, 0.25) is 5.88 Å². The molecule has 3 heterocycles. The molecule has 0 aromatic carbocycles. The minimum absolute atomic E-state index is 0.610. The summed E-state index contributed by atoms with van der Waals surface area (Å²) < 4.78 is 5.15. The second-order valence-corrected chi connectivity index (χ2v) is 5.04. The third-order valence-electron chi connectivity index (χ3n) is 3.69. The fraction of sp³-hybridized carbons (Fsp3) is 0.400. The molecule has 6 heteroatoms. The number of piperazine rings is 1. The van der Waals surface area contributed by atoms with Gasteiger partial charge in [-0.05, 0) is 17.7 Å². The first kappa shape index (κ1) is 13.8. The van der Waals surface area contributed by atoms with E-state index in [0.29, 0.717) is 5.88 Å². The van der Waals surface area contributed by atoms with Crippen LogP contribution in [-0.4, -0.2) is 53.1 Å². The third-order valence-corrected chi connectivity index (χ3v) is 3.69. The Morgan fingerprint density at radius 3 is 2.57 bits per heavy atom. The molecule has 1 saturated heterocycles. The molecular formula is C15H19N5O. The lowest BCUT2D eigenvalue weighted by Crippen LogP contribution is -2.46. The summed E-state index contributed by atoms with van der Waals surface area (Å²) in [6.45, 7) is 4.95. The molecule has 0 N–H and O–H groups in total. The first-order chi connectivity index (χ1) is 10.3. The topological polar surface area (TPSA) is 54.4 Å². The van der Waals surface area contributed by atoms with E-state index in [2.05, 4.69) is 36.9 Å². The van der Waals surface area contributed by atoms with Crippen molar-refractivity contribution < 1.29 is 4.74 Å². The van der Waals surface area contributed by atoms with Crippen molar-refractivity contribution in [3.8, 4) is 5.88 Å². The molecule has 0 atom stereocenters. The third kappa shape index (κ3) is 3.46. The molecule has 3 rings (SSSR count). The molecule has 6 nitrogen and oxygen atoms in total. The number of nitrogens with zero attached hydrogens (tertiary/aromatic N) is 5. The van der Waals surface area contributed by atoms with Crippen molar-refractivity contribution in [2.24, 2.45) is 0 Å². The number of hydrogen-bond donors (Lipinski definition) is 0. The Hall–Kier alpha value is -2.21. The van der Waals surface area contributed by atoms with Gasteiger partial charge in [-0.2, -0.15) is 0 Å². The number of ether oxygens (including phenoxy) is 1. The highest BCUT2D eigenvalue weighted by Gasteiger charge is 2.18. The van der Waals surface area contributed by atoms with Crippen molar-refractivity contribution in [2.45, 2.75) is 6.54 Å². The van der Waals surface area contributed by atoms with Crippen LogP contribution in [0.15, 0.2) is 36.9 Å². The van der Waals surface area contributed by atoms with Crippen molar-refractivity contribution in [3.63, 3.8) is 0 Å². The minimum atomic E-state index is 0.610. The second-order valence-electron chi connectivity index (χ2n) is 5.04. The Morgan fingerprint density at radius 2 is 1.86 bits per heavy atom. The van der Waals surface area contributed by atoms with Gasteiger partial charge in [0.1, 0.15) is 12.1 Å². The Morgan fingerprint density at radius 1 is 1.10 bits per heavy atom. The summed E-state index contributed by atoms with van der Waals surface area (Å²) in [5.74, 6) is 1.55. The van der Waals surface area contributed by atoms with Crippen LogP contribution in [0.4, 0.5) is 5.82 Å². The van der Waals surface area contributed by atoms with Gasteiger partial charge in [0.05, 0.1) is 7.11 Å². The maximum atomic E-state index is 5.15. The molecule has 1 aliphatic rings. The van der Waals surface area contributed by atoms with Crippen molar-refractivity contribution in [2.75, 3.05) is 38.2 Å². The number of hydrogen-bond acceptors (Lipinski definition) is 6. The van der Waals surface area contributed by atoms with Crippen LogP contribution in [0.25, 0.3) is 0 Å². The summed E-state index contributed by atoms with van der Waals surface area (Å²) in [7, 11) is 1.62. The van der Waals surface area contributed by atoms with Gasteiger partial charge in [0.25, 0.3) is 0 Å². The minimum Gasteiger partial charge on any atom is -0.481 e. The lowest BCUT2D eigenvalue weighted by Gasteiger charge is -2.35. The molecule has 21 heavy (non-hydrogen) atoms. The van der Waals surface area contributed by atoms with Crippen molar-refractivity contribution in [3.05, 3.63) is 42.5 Å². The largest absolute Gasteiger partial charge is 0.481 e. The fourth-order valence-corrected chi connectivity index (χ4v) is 2.50. The highest BCUT2D eigenvalue weighted by Crippen LogP contribution is 2.17. The highest BCUT2D eigenvalue weighted by atomic mass is 16.5. The molecule has 1 aliphatic heterocycles. The van der Waals surface area contributed by atoms with Gasteiger partial charge in [-0.15, -0.1) is 0 Å². The Labute approximate surface area is 124 Å². The zero-order valence-corrected chi connectivity index (χ0v) is 12.1. The molecule has 2 aromatic heterocycles. The van der Waals surface area contributed by atoms with Crippen LogP contribution < -0.4 is 9.64 Å². The van der Waals surface area contributed by atoms with Gasteiger partial charge >= 0.3 is 0 Å². The quantitative estimate of drug-likeness (QED) is 0.841. The van der Waals surface area contributed by atoms with Gasteiger partial charge in [-0.3, -0.25) is 9.88 Å². The first-order valence-electron chi connectivity index (χ1n) is 7.07.